The smallest absolute Gasteiger partial charge is 0.222 e. The zero-order valence-corrected chi connectivity index (χ0v) is 20.2. The summed E-state index contributed by atoms with van der Waals surface area (Å²) in [5.41, 5.74) is 1.13. The van der Waals surface area contributed by atoms with Gasteiger partial charge in [0.15, 0.2) is 11.4 Å². The number of aryl methyl sites for hydroxylation is 1. The van der Waals surface area contributed by atoms with Crippen molar-refractivity contribution in [2.75, 3.05) is 44.2 Å². The molecule has 3 aliphatic rings. The van der Waals surface area contributed by atoms with E-state index in [4.69, 9.17) is 9.26 Å². The van der Waals surface area contributed by atoms with Gasteiger partial charge in [-0.05, 0) is 76.0 Å². The van der Waals surface area contributed by atoms with Crippen LogP contribution in [0.15, 0.2) is 16.7 Å². The molecule has 2 aromatic rings. The van der Waals surface area contributed by atoms with Crippen molar-refractivity contribution in [2.45, 2.75) is 70.4 Å². The molecule has 34 heavy (non-hydrogen) atoms. The first-order valence-electron chi connectivity index (χ1n) is 13.0. The third kappa shape index (κ3) is 5.54. The first-order chi connectivity index (χ1) is 16.5. The molecule has 1 atom stereocenters. The van der Waals surface area contributed by atoms with Gasteiger partial charge in [0.05, 0.1) is 17.9 Å². The molecule has 1 aliphatic carbocycles. The van der Waals surface area contributed by atoms with Gasteiger partial charge in [-0.2, -0.15) is 0 Å². The minimum atomic E-state index is -0.255. The van der Waals surface area contributed by atoms with E-state index in [9.17, 15) is 9.18 Å². The van der Waals surface area contributed by atoms with Crippen LogP contribution in [0.3, 0.4) is 0 Å². The van der Waals surface area contributed by atoms with E-state index < -0.39 is 0 Å². The fourth-order valence-electron chi connectivity index (χ4n) is 5.73. The summed E-state index contributed by atoms with van der Waals surface area (Å²) < 4.78 is 24.8. The molecule has 1 amide bonds. The summed E-state index contributed by atoms with van der Waals surface area (Å²) in [5.74, 6) is 1.49. The zero-order valence-electron chi connectivity index (χ0n) is 20.2. The summed E-state index contributed by atoms with van der Waals surface area (Å²) in [6.07, 6.45) is 8.56. The van der Waals surface area contributed by atoms with Gasteiger partial charge in [0.2, 0.25) is 5.91 Å². The Morgan fingerprint density at radius 2 is 1.94 bits per heavy atom. The predicted octanol–water partition coefficient (Wildman–Crippen LogP) is 4.03. The minimum Gasteiger partial charge on any atom is -0.378 e. The van der Waals surface area contributed by atoms with Gasteiger partial charge in [-0.15, -0.1) is 0 Å². The van der Waals surface area contributed by atoms with Crippen LogP contribution in [0.2, 0.25) is 0 Å². The molecule has 2 saturated heterocycles. The van der Waals surface area contributed by atoms with Crippen LogP contribution >= 0.6 is 0 Å². The number of anilines is 1. The van der Waals surface area contributed by atoms with Gasteiger partial charge in [0.1, 0.15) is 5.82 Å². The van der Waals surface area contributed by atoms with E-state index in [0.717, 1.165) is 82.1 Å². The number of nitrogens with one attached hydrogen (secondary N) is 1. The minimum absolute atomic E-state index is 0.131. The lowest BCUT2D eigenvalue weighted by Gasteiger charge is -2.36. The van der Waals surface area contributed by atoms with Gasteiger partial charge in [-0.1, -0.05) is 5.16 Å². The van der Waals surface area contributed by atoms with E-state index in [1.54, 1.807) is 6.92 Å². The molecule has 1 N–H and O–H groups in total. The predicted molar refractivity (Wildman–Crippen MR) is 129 cm³/mol. The SMILES string of the molecule is Cc1cc2c(N3CCN(CCC4CCC(NC(=O)CC5CCCO5)CC4)CC3)noc2cc1F. The lowest BCUT2D eigenvalue weighted by molar-refractivity contribution is -0.124. The monoisotopic (exact) mass is 472 g/mol. The average Bonchev–Trinajstić information content (AvgIpc) is 3.49. The Bertz CT molecular complexity index is 974. The fourth-order valence-corrected chi connectivity index (χ4v) is 5.73. The van der Waals surface area contributed by atoms with Gasteiger partial charge in [0.25, 0.3) is 0 Å². The van der Waals surface area contributed by atoms with Crippen LogP contribution in [-0.2, 0) is 9.53 Å². The molecule has 0 bridgehead atoms. The van der Waals surface area contributed by atoms with Crippen molar-refractivity contribution < 1.29 is 18.4 Å². The second kappa shape index (κ2) is 10.6. The number of aromatic nitrogens is 1. The number of ether oxygens (including phenoxy) is 1. The molecule has 3 fully saturated rings. The molecule has 7 nitrogen and oxygen atoms in total. The summed E-state index contributed by atoms with van der Waals surface area (Å²) in [5, 5.41) is 8.37. The highest BCUT2D eigenvalue weighted by atomic mass is 19.1. The molecule has 1 aromatic heterocycles. The van der Waals surface area contributed by atoms with E-state index in [1.807, 2.05) is 6.07 Å². The van der Waals surface area contributed by atoms with Crippen LogP contribution in [0.5, 0.6) is 0 Å². The standard InChI is InChI=1S/C26H37FN4O3/c1-18-15-22-24(17-23(18)27)34-29-26(22)31-12-10-30(11-13-31)9-8-19-4-6-20(7-5-19)28-25(32)16-21-3-2-14-33-21/h15,17,19-21H,2-14,16H2,1H3,(H,28,32). The van der Waals surface area contributed by atoms with E-state index in [0.29, 0.717) is 23.6 Å². The second-order valence-corrected chi connectivity index (χ2v) is 10.3. The highest BCUT2D eigenvalue weighted by Gasteiger charge is 2.26. The van der Waals surface area contributed by atoms with Crippen LogP contribution in [0.4, 0.5) is 10.2 Å². The molecule has 0 radical (unpaired) electrons. The number of benzene rings is 1. The Hall–Kier alpha value is -2.19. The van der Waals surface area contributed by atoms with Crippen molar-refractivity contribution in [3.05, 3.63) is 23.5 Å². The Labute approximate surface area is 201 Å². The zero-order chi connectivity index (χ0) is 23.5. The number of amides is 1. The highest BCUT2D eigenvalue weighted by molar-refractivity contribution is 5.89. The van der Waals surface area contributed by atoms with Crippen molar-refractivity contribution in [3.8, 4) is 0 Å². The lowest BCUT2D eigenvalue weighted by Crippen LogP contribution is -2.47. The number of halogens is 1. The maximum absolute atomic E-state index is 13.8. The molecule has 5 rings (SSSR count). The summed E-state index contributed by atoms with van der Waals surface area (Å²) in [4.78, 5) is 17.1. The Morgan fingerprint density at radius 1 is 1.15 bits per heavy atom. The number of nitrogens with zero attached hydrogens (tertiary/aromatic N) is 3. The fraction of sp³-hybridized carbons (Fsp3) is 0.692. The van der Waals surface area contributed by atoms with E-state index in [-0.39, 0.29) is 17.8 Å². The van der Waals surface area contributed by atoms with E-state index >= 15 is 0 Å². The Balaban J connectivity index is 1.01. The van der Waals surface area contributed by atoms with Gasteiger partial charge in [0, 0.05) is 44.9 Å². The first kappa shape index (κ1) is 23.5. The first-order valence-corrected chi connectivity index (χ1v) is 13.0. The van der Waals surface area contributed by atoms with Crippen molar-refractivity contribution in [2.24, 2.45) is 5.92 Å². The molecule has 0 spiro atoms. The third-order valence-corrected chi connectivity index (χ3v) is 7.91. The van der Waals surface area contributed by atoms with Gasteiger partial charge >= 0.3 is 0 Å². The Morgan fingerprint density at radius 3 is 2.68 bits per heavy atom. The molecule has 2 aliphatic heterocycles. The molecular formula is C26H37FN4O3. The number of piperazine rings is 1. The van der Waals surface area contributed by atoms with Crippen molar-refractivity contribution in [1.29, 1.82) is 0 Å². The van der Waals surface area contributed by atoms with Gasteiger partial charge in [-0.3, -0.25) is 9.69 Å². The summed E-state index contributed by atoms with van der Waals surface area (Å²) in [7, 11) is 0. The number of rotatable bonds is 7. The Kier molecular flexibility index (Phi) is 7.34. The van der Waals surface area contributed by atoms with Crippen LogP contribution in [0, 0.1) is 18.7 Å². The molecule has 8 heteroatoms. The number of carbonyl (C=O) groups is 1. The molecule has 1 unspecified atom stereocenters. The number of hydrogen-bond donors (Lipinski definition) is 1. The van der Waals surface area contributed by atoms with E-state index in [2.05, 4.69) is 20.3 Å². The van der Waals surface area contributed by atoms with Gasteiger partial charge in [-0.25, -0.2) is 4.39 Å². The maximum Gasteiger partial charge on any atom is 0.222 e. The molecule has 1 saturated carbocycles. The van der Waals surface area contributed by atoms with Crippen LogP contribution in [-0.4, -0.2) is 67.4 Å². The van der Waals surface area contributed by atoms with Crippen LogP contribution in [0.1, 0.15) is 56.9 Å². The average molecular weight is 473 g/mol. The topological polar surface area (TPSA) is 70.8 Å². The van der Waals surface area contributed by atoms with Crippen molar-refractivity contribution in [3.63, 3.8) is 0 Å². The number of hydrogen-bond acceptors (Lipinski definition) is 6. The molecule has 1 aromatic carbocycles. The normalized spacial score (nSPS) is 26.3. The molecular weight excluding hydrogens is 435 g/mol. The number of fused-ring (bicyclic) bond motifs is 1. The van der Waals surface area contributed by atoms with Crippen molar-refractivity contribution in [1.82, 2.24) is 15.4 Å². The largest absolute Gasteiger partial charge is 0.378 e. The summed E-state index contributed by atoms with van der Waals surface area (Å²) >= 11 is 0. The molecule has 186 valence electrons. The van der Waals surface area contributed by atoms with Gasteiger partial charge < -0.3 is 19.5 Å². The third-order valence-electron chi connectivity index (χ3n) is 7.91. The van der Waals surface area contributed by atoms with Crippen molar-refractivity contribution >= 4 is 22.7 Å². The lowest BCUT2D eigenvalue weighted by atomic mass is 9.84. The summed E-state index contributed by atoms with van der Waals surface area (Å²) in [6, 6.07) is 3.61. The van der Waals surface area contributed by atoms with E-state index in [1.165, 1.54) is 25.3 Å². The summed E-state index contributed by atoms with van der Waals surface area (Å²) in [6.45, 7) is 7.51. The quantitative estimate of drug-likeness (QED) is 0.656. The van der Waals surface area contributed by atoms with Crippen LogP contribution < -0.4 is 10.2 Å². The van der Waals surface area contributed by atoms with Crippen LogP contribution in [0.25, 0.3) is 11.0 Å². The maximum atomic E-state index is 13.8. The molecule has 3 heterocycles. The second-order valence-electron chi connectivity index (χ2n) is 10.3. The highest BCUT2D eigenvalue weighted by Crippen LogP contribution is 2.30. The number of carbonyl (C=O) groups excluding carboxylic acids is 1.